The van der Waals surface area contributed by atoms with Gasteiger partial charge in [0.15, 0.2) is 0 Å². The molecule has 2 rings (SSSR count). The molecule has 1 aliphatic rings. The number of hydrogen-bond donors (Lipinski definition) is 1. The van der Waals surface area contributed by atoms with Crippen LogP contribution in [0.3, 0.4) is 0 Å². The van der Waals surface area contributed by atoms with Crippen LogP contribution in [0.4, 0.5) is 0 Å². The van der Waals surface area contributed by atoms with Crippen LogP contribution in [0.5, 0.6) is 0 Å². The summed E-state index contributed by atoms with van der Waals surface area (Å²) >= 11 is 0. The molecule has 1 aliphatic heterocycles. The van der Waals surface area contributed by atoms with Crippen LogP contribution in [-0.2, 0) is 0 Å². The van der Waals surface area contributed by atoms with Crippen molar-refractivity contribution < 1.29 is 0 Å². The summed E-state index contributed by atoms with van der Waals surface area (Å²) in [5.74, 6) is 0. The van der Waals surface area contributed by atoms with Crippen molar-refractivity contribution in [3.8, 4) is 0 Å². The second-order valence-electron chi connectivity index (χ2n) is 5.54. The number of hydrogen-bond acceptors (Lipinski definition) is 2. The van der Waals surface area contributed by atoms with E-state index in [-0.39, 0.29) is 5.54 Å². The lowest BCUT2D eigenvalue weighted by molar-refractivity contribution is 0.0873. The summed E-state index contributed by atoms with van der Waals surface area (Å²) in [5.41, 5.74) is 1.61. The highest BCUT2D eigenvalue weighted by Gasteiger charge is 2.39. The highest BCUT2D eigenvalue weighted by molar-refractivity contribution is 5.23. The number of likely N-dealkylation sites (tertiary alicyclic amines) is 1. The lowest BCUT2D eigenvalue weighted by Crippen LogP contribution is -2.52. The maximum absolute atomic E-state index is 3.55. The van der Waals surface area contributed by atoms with Crippen molar-refractivity contribution in [3.05, 3.63) is 35.9 Å². The minimum atomic E-state index is 0.215. The van der Waals surface area contributed by atoms with Crippen molar-refractivity contribution in [2.45, 2.75) is 44.7 Å². The first-order chi connectivity index (χ1) is 8.72. The van der Waals surface area contributed by atoms with Gasteiger partial charge in [-0.25, -0.2) is 0 Å². The first kappa shape index (κ1) is 13.6. The maximum Gasteiger partial charge on any atom is 0.0501 e. The standard InChI is InChI=1S/C16H26N2/c1-4-16(2,18-12-8-9-13-18)15(17-3)14-10-6-5-7-11-14/h5-7,10-11,15,17H,4,8-9,12-13H2,1-3H3. The normalized spacial score (nSPS) is 21.7. The Morgan fingerprint density at radius 1 is 1.22 bits per heavy atom. The van der Waals surface area contributed by atoms with Crippen LogP contribution >= 0.6 is 0 Å². The second-order valence-corrected chi connectivity index (χ2v) is 5.54. The Balaban J connectivity index is 2.28. The predicted octanol–water partition coefficient (Wildman–Crippen LogP) is 3.21. The number of likely N-dealkylation sites (N-methyl/N-ethyl adjacent to an activating group) is 1. The molecule has 0 aromatic heterocycles. The first-order valence-corrected chi connectivity index (χ1v) is 7.19. The smallest absolute Gasteiger partial charge is 0.0501 e. The van der Waals surface area contributed by atoms with Crippen LogP contribution < -0.4 is 5.32 Å². The molecule has 2 atom stereocenters. The summed E-state index contributed by atoms with van der Waals surface area (Å²) in [7, 11) is 2.08. The van der Waals surface area contributed by atoms with E-state index in [4.69, 9.17) is 0 Å². The van der Waals surface area contributed by atoms with Gasteiger partial charge < -0.3 is 5.32 Å². The SMILES string of the molecule is CCC(C)(C(NC)c1ccccc1)N1CCCC1. The first-order valence-electron chi connectivity index (χ1n) is 7.19. The maximum atomic E-state index is 3.55. The molecular formula is C16H26N2. The van der Waals surface area contributed by atoms with Crippen molar-refractivity contribution in [2.75, 3.05) is 20.1 Å². The molecule has 0 amide bonds. The summed E-state index contributed by atoms with van der Waals surface area (Å²) in [6, 6.07) is 11.3. The molecule has 2 nitrogen and oxygen atoms in total. The van der Waals surface area contributed by atoms with E-state index in [0.717, 1.165) is 0 Å². The quantitative estimate of drug-likeness (QED) is 0.858. The highest BCUT2D eigenvalue weighted by Crippen LogP contribution is 2.36. The third-order valence-corrected chi connectivity index (χ3v) is 4.59. The van der Waals surface area contributed by atoms with Gasteiger partial charge >= 0.3 is 0 Å². The highest BCUT2D eigenvalue weighted by atomic mass is 15.2. The van der Waals surface area contributed by atoms with Crippen LogP contribution in [0.15, 0.2) is 30.3 Å². The molecule has 100 valence electrons. The van der Waals surface area contributed by atoms with Gasteiger partial charge in [-0.15, -0.1) is 0 Å². The molecule has 1 aromatic rings. The van der Waals surface area contributed by atoms with Crippen LogP contribution in [0, 0.1) is 0 Å². The average molecular weight is 246 g/mol. The van der Waals surface area contributed by atoms with E-state index in [1.807, 2.05) is 0 Å². The van der Waals surface area contributed by atoms with Gasteiger partial charge in [0.1, 0.15) is 0 Å². The Kier molecular flexibility index (Phi) is 4.41. The molecule has 1 heterocycles. The van der Waals surface area contributed by atoms with Crippen LogP contribution in [0.1, 0.15) is 44.7 Å². The summed E-state index contributed by atoms with van der Waals surface area (Å²) in [6.07, 6.45) is 3.87. The van der Waals surface area contributed by atoms with E-state index in [1.54, 1.807) is 0 Å². The minimum absolute atomic E-state index is 0.215. The van der Waals surface area contributed by atoms with Crippen molar-refractivity contribution in [1.29, 1.82) is 0 Å². The number of nitrogens with zero attached hydrogens (tertiary/aromatic N) is 1. The number of benzene rings is 1. The number of nitrogens with one attached hydrogen (secondary N) is 1. The van der Waals surface area contributed by atoms with Gasteiger partial charge in [-0.1, -0.05) is 37.3 Å². The fraction of sp³-hybridized carbons (Fsp3) is 0.625. The minimum Gasteiger partial charge on any atom is -0.311 e. The Morgan fingerprint density at radius 3 is 2.33 bits per heavy atom. The zero-order valence-corrected chi connectivity index (χ0v) is 11.9. The average Bonchev–Trinajstić information content (AvgIpc) is 2.95. The third kappa shape index (κ3) is 2.45. The molecule has 0 bridgehead atoms. The molecule has 1 N–H and O–H groups in total. The molecule has 0 radical (unpaired) electrons. The molecule has 1 fully saturated rings. The Bertz CT molecular complexity index is 357. The van der Waals surface area contributed by atoms with E-state index in [0.29, 0.717) is 6.04 Å². The molecule has 2 heteroatoms. The van der Waals surface area contributed by atoms with E-state index < -0.39 is 0 Å². The van der Waals surface area contributed by atoms with Gasteiger partial charge in [-0.05, 0) is 51.9 Å². The summed E-state index contributed by atoms with van der Waals surface area (Å²) in [6.45, 7) is 7.21. The Labute approximate surface area is 111 Å². The van der Waals surface area contributed by atoms with Gasteiger partial charge in [0.25, 0.3) is 0 Å². The van der Waals surface area contributed by atoms with E-state index in [9.17, 15) is 0 Å². The van der Waals surface area contributed by atoms with Gasteiger partial charge in [0, 0.05) is 5.54 Å². The monoisotopic (exact) mass is 246 g/mol. The Morgan fingerprint density at radius 2 is 1.83 bits per heavy atom. The predicted molar refractivity (Wildman–Crippen MR) is 77.7 cm³/mol. The van der Waals surface area contributed by atoms with Gasteiger partial charge in [0.2, 0.25) is 0 Å². The second kappa shape index (κ2) is 5.85. The molecule has 2 unspecified atom stereocenters. The van der Waals surface area contributed by atoms with Crippen molar-refractivity contribution >= 4 is 0 Å². The summed E-state index contributed by atoms with van der Waals surface area (Å²) in [4.78, 5) is 2.67. The third-order valence-electron chi connectivity index (χ3n) is 4.59. The Hall–Kier alpha value is -0.860. The molecule has 1 aromatic carbocycles. The zero-order chi connectivity index (χ0) is 13.0. The van der Waals surface area contributed by atoms with Crippen LogP contribution in [0.2, 0.25) is 0 Å². The summed E-state index contributed by atoms with van der Waals surface area (Å²) in [5, 5.41) is 3.55. The van der Waals surface area contributed by atoms with Crippen molar-refractivity contribution in [2.24, 2.45) is 0 Å². The largest absolute Gasteiger partial charge is 0.311 e. The zero-order valence-electron chi connectivity index (χ0n) is 11.9. The molecule has 0 saturated carbocycles. The van der Waals surface area contributed by atoms with Gasteiger partial charge in [-0.2, -0.15) is 0 Å². The lowest BCUT2D eigenvalue weighted by atomic mass is 9.83. The van der Waals surface area contributed by atoms with Crippen molar-refractivity contribution in [3.63, 3.8) is 0 Å². The number of rotatable bonds is 5. The molecule has 0 aliphatic carbocycles. The molecule has 18 heavy (non-hydrogen) atoms. The molecule has 0 spiro atoms. The van der Waals surface area contributed by atoms with E-state index in [2.05, 4.69) is 61.4 Å². The van der Waals surface area contributed by atoms with E-state index >= 15 is 0 Å². The van der Waals surface area contributed by atoms with Gasteiger partial charge in [0.05, 0.1) is 6.04 Å². The fourth-order valence-electron chi connectivity index (χ4n) is 3.32. The van der Waals surface area contributed by atoms with E-state index in [1.165, 1.54) is 37.9 Å². The topological polar surface area (TPSA) is 15.3 Å². The lowest BCUT2D eigenvalue weighted by Gasteiger charge is -2.44. The van der Waals surface area contributed by atoms with Crippen LogP contribution in [0.25, 0.3) is 0 Å². The fourth-order valence-corrected chi connectivity index (χ4v) is 3.32. The molecule has 1 saturated heterocycles. The summed E-state index contributed by atoms with van der Waals surface area (Å²) < 4.78 is 0. The van der Waals surface area contributed by atoms with Crippen molar-refractivity contribution in [1.82, 2.24) is 10.2 Å². The van der Waals surface area contributed by atoms with Crippen LogP contribution in [-0.4, -0.2) is 30.6 Å². The molecular weight excluding hydrogens is 220 g/mol. The van der Waals surface area contributed by atoms with Gasteiger partial charge in [-0.3, -0.25) is 4.90 Å².